The lowest BCUT2D eigenvalue weighted by atomic mass is 10.1. The molecule has 3 rings (SSSR count). The van der Waals surface area contributed by atoms with Gasteiger partial charge in [0.25, 0.3) is 11.8 Å². The first-order valence-electron chi connectivity index (χ1n) is 5.37. The summed E-state index contributed by atoms with van der Waals surface area (Å²) < 4.78 is 1.78. The molecule has 2 N–H and O–H groups in total. The topological polar surface area (TPSA) is 92.6 Å². The average molecular weight is 276 g/mol. The number of nitrogens with zero attached hydrogens (tertiary/aromatic N) is 2. The van der Waals surface area contributed by atoms with Crippen molar-refractivity contribution in [2.45, 2.75) is 6.92 Å². The van der Waals surface area contributed by atoms with Gasteiger partial charge in [0.1, 0.15) is 5.57 Å². The molecule has 1 aliphatic heterocycles. The third kappa shape index (κ3) is 1.82. The van der Waals surface area contributed by atoms with Gasteiger partial charge in [0.2, 0.25) is 0 Å². The Morgan fingerprint density at radius 3 is 2.63 bits per heavy atom. The van der Waals surface area contributed by atoms with Crippen LogP contribution in [0.5, 0.6) is 0 Å². The van der Waals surface area contributed by atoms with Crippen LogP contribution in [0.1, 0.15) is 11.4 Å². The second-order valence-corrected chi connectivity index (χ2v) is 4.81. The lowest BCUT2D eigenvalue weighted by Crippen LogP contribution is -2.51. The standard InChI is InChI=1S/C11H8N4O3S/c1-5-7(15-2-3-19-11(15)12-5)4-6-8(16)13-10(18)14-9(6)17/h2-4H,1H3,(H2,13,14,16,17,18). The van der Waals surface area contributed by atoms with Crippen molar-refractivity contribution in [2.75, 3.05) is 0 Å². The minimum absolute atomic E-state index is 0.115. The van der Waals surface area contributed by atoms with Gasteiger partial charge in [0, 0.05) is 11.6 Å². The molecule has 96 valence electrons. The molecule has 0 aliphatic carbocycles. The zero-order valence-electron chi connectivity index (χ0n) is 9.76. The zero-order chi connectivity index (χ0) is 13.6. The van der Waals surface area contributed by atoms with Gasteiger partial charge < -0.3 is 0 Å². The van der Waals surface area contributed by atoms with E-state index in [1.807, 2.05) is 16.0 Å². The predicted octanol–water partition coefficient (Wildman–Crippen LogP) is 0.454. The number of aromatic nitrogens is 2. The van der Waals surface area contributed by atoms with E-state index in [4.69, 9.17) is 0 Å². The Hall–Kier alpha value is -2.48. The fourth-order valence-corrected chi connectivity index (χ4v) is 2.60. The smallest absolute Gasteiger partial charge is 0.291 e. The number of nitrogens with one attached hydrogen (secondary N) is 2. The molecule has 1 saturated heterocycles. The monoisotopic (exact) mass is 276 g/mol. The summed E-state index contributed by atoms with van der Waals surface area (Å²) in [6.45, 7) is 1.79. The lowest BCUT2D eigenvalue weighted by molar-refractivity contribution is -0.123. The number of imide groups is 2. The van der Waals surface area contributed by atoms with E-state index in [0.29, 0.717) is 11.4 Å². The quantitative estimate of drug-likeness (QED) is 0.584. The molecule has 1 aliphatic rings. The number of carbonyl (C=O) groups is 3. The van der Waals surface area contributed by atoms with E-state index in [-0.39, 0.29) is 5.57 Å². The fraction of sp³-hybridized carbons (Fsp3) is 0.0909. The molecule has 19 heavy (non-hydrogen) atoms. The molecule has 2 aromatic rings. The number of aryl methyl sites for hydroxylation is 1. The van der Waals surface area contributed by atoms with Crippen LogP contribution in [0.25, 0.3) is 11.0 Å². The number of thiazole rings is 1. The van der Waals surface area contributed by atoms with Crippen LogP contribution in [0.2, 0.25) is 0 Å². The van der Waals surface area contributed by atoms with Gasteiger partial charge in [-0.25, -0.2) is 9.78 Å². The molecule has 3 heterocycles. The molecule has 0 spiro atoms. The number of fused-ring (bicyclic) bond motifs is 1. The predicted molar refractivity (Wildman–Crippen MR) is 67.5 cm³/mol. The number of carbonyl (C=O) groups excluding carboxylic acids is 3. The number of rotatable bonds is 1. The molecule has 8 heteroatoms. The number of barbiturate groups is 1. The van der Waals surface area contributed by atoms with E-state index in [1.54, 1.807) is 17.5 Å². The van der Waals surface area contributed by atoms with Crippen molar-refractivity contribution in [2.24, 2.45) is 0 Å². The zero-order valence-corrected chi connectivity index (χ0v) is 10.6. The minimum atomic E-state index is -0.808. The molecule has 0 unspecified atom stereocenters. The Bertz CT molecular complexity index is 733. The normalized spacial score (nSPS) is 15.6. The van der Waals surface area contributed by atoms with Gasteiger partial charge in [0.05, 0.1) is 11.4 Å². The average Bonchev–Trinajstić information content (AvgIpc) is 2.85. The first kappa shape index (κ1) is 11.6. The summed E-state index contributed by atoms with van der Waals surface area (Å²) >= 11 is 1.45. The van der Waals surface area contributed by atoms with Crippen molar-refractivity contribution in [1.82, 2.24) is 20.0 Å². The fourth-order valence-electron chi connectivity index (χ4n) is 1.83. The van der Waals surface area contributed by atoms with Crippen molar-refractivity contribution in [3.05, 3.63) is 28.5 Å². The largest absolute Gasteiger partial charge is 0.328 e. The third-order valence-electron chi connectivity index (χ3n) is 2.71. The van der Waals surface area contributed by atoms with Gasteiger partial charge in [-0.05, 0) is 13.0 Å². The highest BCUT2D eigenvalue weighted by Gasteiger charge is 2.28. The van der Waals surface area contributed by atoms with Crippen LogP contribution in [-0.2, 0) is 9.59 Å². The molecular formula is C11H8N4O3S. The molecule has 0 aromatic carbocycles. The SMILES string of the molecule is Cc1nc2sccn2c1C=C1C(=O)NC(=O)NC1=O. The van der Waals surface area contributed by atoms with Gasteiger partial charge in [-0.15, -0.1) is 11.3 Å². The van der Waals surface area contributed by atoms with E-state index in [0.717, 1.165) is 4.96 Å². The lowest BCUT2D eigenvalue weighted by Gasteiger charge is -2.13. The molecule has 4 amide bonds. The molecule has 0 saturated carbocycles. The summed E-state index contributed by atoms with van der Waals surface area (Å²) in [5.41, 5.74) is 1.23. The second-order valence-electron chi connectivity index (χ2n) is 3.93. The molecule has 2 aromatic heterocycles. The van der Waals surface area contributed by atoms with Crippen LogP contribution in [0.4, 0.5) is 4.79 Å². The van der Waals surface area contributed by atoms with Gasteiger partial charge in [0.15, 0.2) is 4.96 Å². The summed E-state index contributed by atoms with van der Waals surface area (Å²) in [6.07, 6.45) is 3.23. The van der Waals surface area contributed by atoms with Crippen molar-refractivity contribution in [3.8, 4) is 0 Å². The molecule has 0 bridgehead atoms. The summed E-state index contributed by atoms with van der Waals surface area (Å²) in [7, 11) is 0. The van der Waals surface area contributed by atoms with Crippen molar-refractivity contribution in [3.63, 3.8) is 0 Å². The number of hydrogen-bond acceptors (Lipinski definition) is 5. The Labute approximate surface area is 110 Å². The molecular weight excluding hydrogens is 268 g/mol. The maximum atomic E-state index is 11.6. The molecule has 1 fully saturated rings. The highest BCUT2D eigenvalue weighted by atomic mass is 32.1. The highest BCUT2D eigenvalue weighted by Crippen LogP contribution is 2.19. The van der Waals surface area contributed by atoms with Crippen LogP contribution >= 0.6 is 11.3 Å². The van der Waals surface area contributed by atoms with E-state index in [2.05, 4.69) is 4.98 Å². The van der Waals surface area contributed by atoms with Crippen LogP contribution in [0, 0.1) is 6.92 Å². The van der Waals surface area contributed by atoms with Crippen molar-refractivity contribution >= 4 is 40.2 Å². The Kier molecular flexibility index (Phi) is 2.46. The first-order valence-corrected chi connectivity index (χ1v) is 6.25. The van der Waals surface area contributed by atoms with Gasteiger partial charge >= 0.3 is 6.03 Å². The van der Waals surface area contributed by atoms with Gasteiger partial charge in [-0.2, -0.15) is 0 Å². The van der Waals surface area contributed by atoms with Crippen LogP contribution in [-0.4, -0.2) is 27.2 Å². The van der Waals surface area contributed by atoms with Crippen LogP contribution in [0.3, 0.4) is 0 Å². The Balaban J connectivity index is 2.12. The summed E-state index contributed by atoms with van der Waals surface area (Å²) in [5.74, 6) is -1.42. The maximum absolute atomic E-state index is 11.6. The van der Waals surface area contributed by atoms with Gasteiger partial charge in [-0.1, -0.05) is 0 Å². The van der Waals surface area contributed by atoms with Crippen LogP contribution in [0.15, 0.2) is 17.2 Å². The Morgan fingerprint density at radius 2 is 1.95 bits per heavy atom. The second kappa shape index (κ2) is 4.02. The molecule has 0 radical (unpaired) electrons. The summed E-state index contributed by atoms with van der Waals surface area (Å²) in [5, 5.41) is 5.91. The Morgan fingerprint density at radius 1 is 1.26 bits per heavy atom. The van der Waals surface area contributed by atoms with Gasteiger partial charge in [-0.3, -0.25) is 24.6 Å². The van der Waals surface area contributed by atoms with E-state index in [1.165, 1.54) is 17.4 Å². The summed E-state index contributed by atoms with van der Waals surface area (Å²) in [4.78, 5) is 39.3. The molecule has 0 atom stereocenters. The van der Waals surface area contributed by atoms with E-state index < -0.39 is 17.8 Å². The number of imidazole rings is 1. The number of urea groups is 1. The summed E-state index contributed by atoms with van der Waals surface area (Å²) in [6, 6.07) is -0.808. The van der Waals surface area contributed by atoms with Crippen molar-refractivity contribution in [1.29, 1.82) is 0 Å². The first-order chi connectivity index (χ1) is 9.06. The molecule has 7 nitrogen and oxygen atoms in total. The van der Waals surface area contributed by atoms with E-state index in [9.17, 15) is 14.4 Å². The number of hydrogen-bond donors (Lipinski definition) is 2. The van der Waals surface area contributed by atoms with Crippen LogP contribution < -0.4 is 10.6 Å². The third-order valence-corrected chi connectivity index (χ3v) is 3.46. The highest BCUT2D eigenvalue weighted by molar-refractivity contribution is 7.15. The van der Waals surface area contributed by atoms with E-state index >= 15 is 0 Å². The number of amides is 4. The maximum Gasteiger partial charge on any atom is 0.328 e. The minimum Gasteiger partial charge on any atom is -0.291 e. The van der Waals surface area contributed by atoms with Crippen molar-refractivity contribution < 1.29 is 14.4 Å².